The Hall–Kier alpha value is -0.650. The molecule has 2 fully saturated rings. The predicted octanol–water partition coefficient (Wildman–Crippen LogP) is 1.20. The number of hydrogen-bond donors (Lipinski definition) is 3. The van der Waals surface area contributed by atoms with Gasteiger partial charge in [0.05, 0.1) is 17.6 Å². The molecule has 2 aliphatic rings. The van der Waals surface area contributed by atoms with Crippen molar-refractivity contribution in [3.8, 4) is 0 Å². The average Bonchev–Trinajstić information content (AvgIpc) is 2.71. The zero-order valence-electron chi connectivity index (χ0n) is 13.2. The third-order valence-corrected chi connectivity index (χ3v) is 5.08. The van der Waals surface area contributed by atoms with E-state index < -0.39 is 11.0 Å². The minimum absolute atomic E-state index is 0.0449. The van der Waals surface area contributed by atoms with E-state index in [-0.39, 0.29) is 5.91 Å². The van der Waals surface area contributed by atoms with Gasteiger partial charge in [-0.3, -0.25) is 4.79 Å². The topological polar surface area (TPSA) is 70.6 Å². The Bertz CT molecular complexity index is 327. The van der Waals surface area contributed by atoms with E-state index in [1.54, 1.807) is 7.11 Å². The number of rotatable bonds is 5. The van der Waals surface area contributed by atoms with Gasteiger partial charge in [0.1, 0.15) is 0 Å². The summed E-state index contributed by atoms with van der Waals surface area (Å²) in [5.74, 6) is 0.0449. The molecule has 122 valence electrons. The zero-order chi connectivity index (χ0) is 15.2. The van der Waals surface area contributed by atoms with Crippen molar-refractivity contribution in [1.29, 1.82) is 0 Å². The Balaban J connectivity index is 1.92. The van der Waals surface area contributed by atoms with E-state index >= 15 is 0 Å². The van der Waals surface area contributed by atoms with Crippen molar-refractivity contribution < 1.29 is 14.6 Å². The number of aliphatic hydroxyl groups is 1. The molecule has 0 aromatic carbocycles. The number of carbonyl (C=O) groups is 1. The summed E-state index contributed by atoms with van der Waals surface area (Å²) in [6.45, 7) is 2.53. The molecular formula is C16H30N2O3. The van der Waals surface area contributed by atoms with Gasteiger partial charge in [-0.15, -0.1) is 0 Å². The van der Waals surface area contributed by atoms with Crippen LogP contribution in [0.25, 0.3) is 0 Å². The van der Waals surface area contributed by atoms with Crippen LogP contribution in [0.2, 0.25) is 0 Å². The molecule has 0 aromatic rings. The summed E-state index contributed by atoms with van der Waals surface area (Å²) in [6.07, 6.45) is 7.68. The van der Waals surface area contributed by atoms with Crippen LogP contribution in [0.4, 0.5) is 0 Å². The molecule has 0 spiro atoms. The highest BCUT2D eigenvalue weighted by Gasteiger charge is 2.40. The fraction of sp³-hybridized carbons (Fsp3) is 0.938. The van der Waals surface area contributed by atoms with Crippen LogP contribution in [-0.2, 0) is 9.53 Å². The fourth-order valence-electron chi connectivity index (χ4n) is 3.61. The average molecular weight is 298 g/mol. The van der Waals surface area contributed by atoms with Crippen LogP contribution in [0.1, 0.15) is 51.4 Å². The Kier molecular flexibility index (Phi) is 6.02. The Morgan fingerprint density at radius 1 is 1.14 bits per heavy atom. The highest BCUT2D eigenvalue weighted by molar-refractivity contribution is 5.83. The molecule has 1 aliphatic heterocycles. The molecule has 5 heteroatoms. The minimum atomic E-state index is -0.715. The molecule has 0 aromatic heterocycles. The summed E-state index contributed by atoms with van der Waals surface area (Å²) in [5.41, 5.74) is -1.14. The molecule has 21 heavy (non-hydrogen) atoms. The van der Waals surface area contributed by atoms with Crippen LogP contribution in [0, 0.1) is 5.41 Å². The fourth-order valence-corrected chi connectivity index (χ4v) is 3.61. The number of ether oxygens (including phenoxy) is 1. The normalized spacial score (nSPS) is 25.0. The molecule has 1 aliphatic carbocycles. The van der Waals surface area contributed by atoms with Crippen molar-refractivity contribution in [2.45, 2.75) is 57.0 Å². The Labute approximate surface area is 127 Å². The summed E-state index contributed by atoms with van der Waals surface area (Å²) in [5, 5.41) is 17.0. The van der Waals surface area contributed by atoms with Gasteiger partial charge in [-0.1, -0.05) is 25.7 Å². The lowest BCUT2D eigenvalue weighted by atomic mass is 9.78. The molecule has 2 rings (SSSR count). The van der Waals surface area contributed by atoms with E-state index in [0.29, 0.717) is 13.2 Å². The Morgan fingerprint density at radius 2 is 1.76 bits per heavy atom. The second-order valence-corrected chi connectivity index (χ2v) is 6.78. The van der Waals surface area contributed by atoms with E-state index in [2.05, 4.69) is 10.6 Å². The molecule has 5 nitrogen and oxygen atoms in total. The van der Waals surface area contributed by atoms with Crippen LogP contribution in [0.3, 0.4) is 0 Å². The van der Waals surface area contributed by atoms with Gasteiger partial charge in [-0.25, -0.2) is 0 Å². The first-order chi connectivity index (χ1) is 10.1. The van der Waals surface area contributed by atoms with E-state index in [9.17, 15) is 9.90 Å². The van der Waals surface area contributed by atoms with Gasteiger partial charge >= 0.3 is 0 Å². The number of amides is 1. The summed E-state index contributed by atoms with van der Waals surface area (Å²) in [4.78, 5) is 12.7. The van der Waals surface area contributed by atoms with E-state index in [4.69, 9.17) is 4.74 Å². The van der Waals surface area contributed by atoms with Crippen molar-refractivity contribution >= 4 is 5.91 Å². The van der Waals surface area contributed by atoms with Gasteiger partial charge in [0.2, 0.25) is 5.91 Å². The monoisotopic (exact) mass is 298 g/mol. The second kappa shape index (κ2) is 7.56. The first-order valence-corrected chi connectivity index (χ1v) is 8.31. The van der Waals surface area contributed by atoms with Crippen LogP contribution in [0.5, 0.6) is 0 Å². The molecule has 0 bridgehead atoms. The molecule has 1 saturated heterocycles. The molecular weight excluding hydrogens is 268 g/mol. The molecule has 3 N–H and O–H groups in total. The summed E-state index contributed by atoms with van der Waals surface area (Å²) < 4.78 is 5.29. The molecule has 0 unspecified atom stereocenters. The van der Waals surface area contributed by atoms with Gasteiger partial charge in [-0.2, -0.15) is 0 Å². The van der Waals surface area contributed by atoms with Crippen LogP contribution < -0.4 is 10.6 Å². The number of piperidine rings is 1. The number of nitrogens with one attached hydrogen (secondary N) is 2. The van der Waals surface area contributed by atoms with Crippen LogP contribution >= 0.6 is 0 Å². The molecule has 1 saturated carbocycles. The van der Waals surface area contributed by atoms with Gasteiger partial charge in [0, 0.05) is 13.7 Å². The smallest absolute Gasteiger partial charge is 0.228 e. The largest absolute Gasteiger partial charge is 0.388 e. The lowest BCUT2D eigenvalue weighted by Gasteiger charge is -2.37. The quantitative estimate of drug-likeness (QED) is 0.667. The third-order valence-electron chi connectivity index (χ3n) is 5.08. The summed E-state index contributed by atoms with van der Waals surface area (Å²) >= 11 is 0. The number of carbonyl (C=O) groups excluding carboxylic acids is 1. The maximum Gasteiger partial charge on any atom is 0.228 e. The Morgan fingerprint density at radius 3 is 2.33 bits per heavy atom. The zero-order valence-corrected chi connectivity index (χ0v) is 13.2. The van der Waals surface area contributed by atoms with Gasteiger partial charge in [0.25, 0.3) is 0 Å². The lowest BCUT2D eigenvalue weighted by Crippen LogP contribution is -2.53. The third kappa shape index (κ3) is 4.41. The van der Waals surface area contributed by atoms with Crippen molar-refractivity contribution in [3.05, 3.63) is 0 Å². The molecule has 1 amide bonds. The highest BCUT2D eigenvalue weighted by Crippen LogP contribution is 2.31. The van der Waals surface area contributed by atoms with Gasteiger partial charge in [-0.05, 0) is 38.8 Å². The van der Waals surface area contributed by atoms with Gasteiger partial charge < -0.3 is 20.5 Å². The lowest BCUT2D eigenvalue weighted by molar-refractivity contribution is -0.137. The van der Waals surface area contributed by atoms with Crippen molar-refractivity contribution in [2.24, 2.45) is 5.41 Å². The van der Waals surface area contributed by atoms with Crippen molar-refractivity contribution in [2.75, 3.05) is 33.4 Å². The standard InChI is InChI=1S/C16H30N2O3/c1-21-13-15(8-10-17-11-9-15)14(19)18-12-16(20)6-4-2-3-5-7-16/h17,20H,2-13H2,1H3,(H,18,19). The first-order valence-electron chi connectivity index (χ1n) is 8.31. The predicted molar refractivity (Wildman–Crippen MR) is 82.1 cm³/mol. The molecule has 1 heterocycles. The first kappa shape index (κ1) is 16.7. The number of hydrogen-bond acceptors (Lipinski definition) is 4. The summed E-state index contributed by atoms with van der Waals surface area (Å²) in [6, 6.07) is 0. The van der Waals surface area contributed by atoms with E-state index in [1.807, 2.05) is 0 Å². The second-order valence-electron chi connectivity index (χ2n) is 6.78. The van der Waals surface area contributed by atoms with E-state index in [1.165, 1.54) is 12.8 Å². The van der Waals surface area contributed by atoms with E-state index in [0.717, 1.165) is 51.6 Å². The maximum absolute atomic E-state index is 12.7. The van der Waals surface area contributed by atoms with Gasteiger partial charge in [0.15, 0.2) is 0 Å². The molecule has 0 atom stereocenters. The van der Waals surface area contributed by atoms with Crippen LogP contribution in [0.15, 0.2) is 0 Å². The van der Waals surface area contributed by atoms with Crippen LogP contribution in [-0.4, -0.2) is 50.0 Å². The minimum Gasteiger partial charge on any atom is -0.388 e. The number of methoxy groups -OCH3 is 1. The maximum atomic E-state index is 12.7. The van der Waals surface area contributed by atoms with Crippen molar-refractivity contribution in [3.63, 3.8) is 0 Å². The SMILES string of the molecule is COCC1(C(=O)NCC2(O)CCCCCC2)CCNCC1. The highest BCUT2D eigenvalue weighted by atomic mass is 16.5. The van der Waals surface area contributed by atoms with Crippen molar-refractivity contribution in [1.82, 2.24) is 10.6 Å². The molecule has 0 radical (unpaired) electrons. The summed E-state index contributed by atoms with van der Waals surface area (Å²) in [7, 11) is 1.65.